The fourth-order valence-corrected chi connectivity index (χ4v) is 1.48. The van der Waals surface area contributed by atoms with Crippen molar-refractivity contribution >= 4 is 17.6 Å². The SMILES string of the molecule is CC(C)(C)OC(=O)c1cc(F)c(CO)c(Cl)c1. The Morgan fingerprint density at radius 1 is 1.47 bits per heavy atom. The molecule has 1 rings (SSSR count). The van der Waals surface area contributed by atoms with Gasteiger partial charge < -0.3 is 9.84 Å². The third-order valence-corrected chi connectivity index (χ3v) is 2.27. The van der Waals surface area contributed by atoms with Crippen molar-refractivity contribution in [1.29, 1.82) is 0 Å². The molecule has 94 valence electrons. The summed E-state index contributed by atoms with van der Waals surface area (Å²) in [6.45, 7) is 4.63. The molecule has 0 radical (unpaired) electrons. The van der Waals surface area contributed by atoms with Gasteiger partial charge >= 0.3 is 5.97 Å². The van der Waals surface area contributed by atoms with Gasteiger partial charge in [-0.1, -0.05) is 11.6 Å². The van der Waals surface area contributed by atoms with Crippen LogP contribution in [-0.2, 0) is 11.3 Å². The van der Waals surface area contributed by atoms with Gasteiger partial charge in [0, 0.05) is 10.6 Å². The average molecular weight is 261 g/mol. The van der Waals surface area contributed by atoms with Crippen molar-refractivity contribution in [2.75, 3.05) is 0 Å². The van der Waals surface area contributed by atoms with Crippen molar-refractivity contribution in [2.24, 2.45) is 0 Å². The summed E-state index contributed by atoms with van der Waals surface area (Å²) in [6.07, 6.45) is 0. The Kier molecular flexibility index (Phi) is 4.11. The zero-order chi connectivity index (χ0) is 13.2. The number of aliphatic hydroxyl groups is 1. The van der Waals surface area contributed by atoms with Crippen LogP contribution in [0.15, 0.2) is 12.1 Å². The Hall–Kier alpha value is -1.13. The Labute approximate surface area is 104 Å². The van der Waals surface area contributed by atoms with Gasteiger partial charge in [-0.25, -0.2) is 9.18 Å². The molecule has 0 amide bonds. The minimum atomic E-state index is -0.721. The van der Waals surface area contributed by atoms with Crippen LogP contribution in [0.5, 0.6) is 0 Å². The van der Waals surface area contributed by atoms with Crippen molar-refractivity contribution in [2.45, 2.75) is 33.0 Å². The van der Waals surface area contributed by atoms with Crippen molar-refractivity contribution in [3.8, 4) is 0 Å². The second kappa shape index (κ2) is 5.02. The second-order valence-electron chi connectivity index (χ2n) is 4.58. The third kappa shape index (κ3) is 3.68. The van der Waals surface area contributed by atoms with Crippen LogP contribution >= 0.6 is 11.6 Å². The molecule has 17 heavy (non-hydrogen) atoms. The predicted molar refractivity (Wildman–Crippen MR) is 62.5 cm³/mol. The molecule has 0 atom stereocenters. The maximum absolute atomic E-state index is 13.5. The molecule has 1 N–H and O–H groups in total. The number of benzene rings is 1. The highest BCUT2D eigenvalue weighted by Gasteiger charge is 2.20. The largest absolute Gasteiger partial charge is 0.456 e. The lowest BCUT2D eigenvalue weighted by molar-refractivity contribution is 0.00689. The molecular weight excluding hydrogens is 247 g/mol. The van der Waals surface area contributed by atoms with E-state index in [1.54, 1.807) is 20.8 Å². The molecule has 1 aromatic rings. The number of carbonyl (C=O) groups excluding carboxylic acids is 1. The summed E-state index contributed by atoms with van der Waals surface area (Å²) in [5.41, 5.74) is -0.658. The standard InChI is InChI=1S/C12H14ClFO3/c1-12(2,3)17-11(16)7-4-9(13)8(6-15)10(14)5-7/h4-5,15H,6H2,1-3H3. The quantitative estimate of drug-likeness (QED) is 0.832. The van der Waals surface area contributed by atoms with Crippen molar-refractivity contribution in [3.05, 3.63) is 34.1 Å². The molecule has 0 aromatic heterocycles. The molecule has 0 aliphatic heterocycles. The summed E-state index contributed by atoms with van der Waals surface area (Å²) in [5.74, 6) is -1.37. The number of esters is 1. The lowest BCUT2D eigenvalue weighted by Crippen LogP contribution is -2.24. The van der Waals surface area contributed by atoms with Crippen LogP contribution in [0.2, 0.25) is 5.02 Å². The van der Waals surface area contributed by atoms with Crippen LogP contribution in [0.25, 0.3) is 0 Å². The van der Waals surface area contributed by atoms with Crippen LogP contribution < -0.4 is 0 Å². The molecule has 0 saturated carbocycles. The number of ether oxygens (including phenoxy) is 1. The van der Waals surface area contributed by atoms with E-state index >= 15 is 0 Å². The molecule has 0 bridgehead atoms. The zero-order valence-corrected chi connectivity index (χ0v) is 10.6. The van der Waals surface area contributed by atoms with E-state index in [1.165, 1.54) is 6.07 Å². The van der Waals surface area contributed by atoms with Gasteiger partial charge in [-0.3, -0.25) is 0 Å². The predicted octanol–water partition coefficient (Wildman–Crippen LogP) is 2.93. The van der Waals surface area contributed by atoms with E-state index < -0.39 is 24.0 Å². The number of aliphatic hydroxyl groups excluding tert-OH is 1. The van der Waals surface area contributed by atoms with Gasteiger partial charge in [-0.05, 0) is 32.9 Å². The molecular formula is C12H14ClFO3. The fraction of sp³-hybridized carbons (Fsp3) is 0.417. The van der Waals surface area contributed by atoms with Gasteiger partial charge in [0.05, 0.1) is 12.2 Å². The number of halogens is 2. The molecule has 0 fully saturated rings. The Bertz CT molecular complexity index is 415. The lowest BCUT2D eigenvalue weighted by atomic mass is 10.1. The Balaban J connectivity index is 3.05. The van der Waals surface area contributed by atoms with Gasteiger partial charge in [0.15, 0.2) is 0 Å². The molecule has 0 unspecified atom stereocenters. The second-order valence-corrected chi connectivity index (χ2v) is 4.99. The summed E-state index contributed by atoms with van der Waals surface area (Å²) in [7, 11) is 0. The number of hydrogen-bond acceptors (Lipinski definition) is 3. The molecule has 3 nitrogen and oxygen atoms in total. The van der Waals surface area contributed by atoms with Crippen LogP contribution in [0, 0.1) is 5.82 Å². The zero-order valence-electron chi connectivity index (χ0n) is 9.88. The molecule has 1 aromatic carbocycles. The fourth-order valence-electron chi connectivity index (χ4n) is 1.21. The third-order valence-electron chi connectivity index (χ3n) is 1.93. The van der Waals surface area contributed by atoms with Crippen molar-refractivity contribution in [3.63, 3.8) is 0 Å². The summed E-state index contributed by atoms with van der Waals surface area (Å²) in [6, 6.07) is 2.29. The van der Waals surface area contributed by atoms with Gasteiger partial charge in [0.1, 0.15) is 11.4 Å². The van der Waals surface area contributed by atoms with E-state index in [0.717, 1.165) is 6.07 Å². The molecule has 0 aliphatic carbocycles. The maximum atomic E-state index is 13.5. The molecule has 0 spiro atoms. The lowest BCUT2D eigenvalue weighted by Gasteiger charge is -2.19. The molecule has 5 heteroatoms. The highest BCUT2D eigenvalue weighted by molar-refractivity contribution is 6.31. The van der Waals surface area contributed by atoms with Gasteiger partial charge in [-0.15, -0.1) is 0 Å². The first-order valence-corrected chi connectivity index (χ1v) is 5.44. The van der Waals surface area contributed by atoms with E-state index in [4.69, 9.17) is 21.4 Å². The topological polar surface area (TPSA) is 46.5 Å². The number of hydrogen-bond donors (Lipinski definition) is 1. The first kappa shape index (κ1) is 13.9. The summed E-state index contributed by atoms with van der Waals surface area (Å²) < 4.78 is 18.5. The molecule has 0 saturated heterocycles. The van der Waals surface area contributed by atoms with Gasteiger partial charge in [0.25, 0.3) is 0 Å². The van der Waals surface area contributed by atoms with E-state index in [-0.39, 0.29) is 16.1 Å². The Morgan fingerprint density at radius 2 is 2.06 bits per heavy atom. The highest BCUT2D eigenvalue weighted by Crippen LogP contribution is 2.23. The maximum Gasteiger partial charge on any atom is 0.338 e. The first-order valence-electron chi connectivity index (χ1n) is 5.06. The normalized spacial score (nSPS) is 11.4. The van der Waals surface area contributed by atoms with E-state index in [1.807, 2.05) is 0 Å². The summed E-state index contributed by atoms with van der Waals surface area (Å²) in [4.78, 5) is 11.7. The van der Waals surface area contributed by atoms with Gasteiger partial charge in [-0.2, -0.15) is 0 Å². The minimum absolute atomic E-state index is 0.00774. The Morgan fingerprint density at radius 3 is 2.47 bits per heavy atom. The molecule has 0 heterocycles. The van der Waals surface area contributed by atoms with E-state index in [2.05, 4.69) is 0 Å². The molecule has 0 aliphatic rings. The smallest absolute Gasteiger partial charge is 0.338 e. The average Bonchev–Trinajstić information content (AvgIpc) is 2.14. The highest BCUT2D eigenvalue weighted by atomic mass is 35.5. The van der Waals surface area contributed by atoms with Crippen LogP contribution in [0.1, 0.15) is 36.7 Å². The van der Waals surface area contributed by atoms with E-state index in [9.17, 15) is 9.18 Å². The summed E-state index contributed by atoms with van der Waals surface area (Å²) >= 11 is 5.74. The van der Waals surface area contributed by atoms with Crippen LogP contribution in [-0.4, -0.2) is 16.7 Å². The van der Waals surface area contributed by atoms with Gasteiger partial charge in [0.2, 0.25) is 0 Å². The van der Waals surface area contributed by atoms with Crippen LogP contribution in [0.3, 0.4) is 0 Å². The number of carbonyl (C=O) groups is 1. The van der Waals surface area contributed by atoms with Crippen molar-refractivity contribution < 1.29 is 19.0 Å². The van der Waals surface area contributed by atoms with Crippen molar-refractivity contribution in [1.82, 2.24) is 0 Å². The number of rotatable bonds is 2. The van der Waals surface area contributed by atoms with Crippen LogP contribution in [0.4, 0.5) is 4.39 Å². The first-order chi connectivity index (χ1) is 7.74. The summed E-state index contributed by atoms with van der Waals surface area (Å²) in [5, 5.41) is 8.88. The minimum Gasteiger partial charge on any atom is -0.456 e. The monoisotopic (exact) mass is 260 g/mol. The van der Waals surface area contributed by atoms with E-state index in [0.29, 0.717) is 0 Å².